The van der Waals surface area contributed by atoms with Crippen LogP contribution in [0.5, 0.6) is 0 Å². The molecule has 0 spiro atoms. The Kier molecular flexibility index (Phi) is 2.09. The first-order chi connectivity index (χ1) is 2.27. The molecule has 0 radical (unpaired) electrons. The molecular weight excluding hydrogens is 68.0 g/mol. The fraction of sp³-hybridized carbons (Fsp3) is 1.00. The molecule has 0 saturated carbocycles. The third-order valence-corrected chi connectivity index (χ3v) is 0.241. The summed E-state index contributed by atoms with van der Waals surface area (Å²) < 4.78 is 0. The molecule has 3 heteroatoms. The minimum atomic E-state index is -0.588. The zero-order chi connectivity index (χ0) is 4.28. The Hall–Kier alpha value is -0.120. The smallest absolute Gasteiger partial charge is 0.114 e. The molecule has 32 valence electrons. The van der Waals surface area contributed by atoms with Crippen molar-refractivity contribution in [1.29, 1.82) is 0 Å². The van der Waals surface area contributed by atoms with Crippen LogP contribution in [0.4, 0.5) is 0 Å². The van der Waals surface area contributed by atoms with Gasteiger partial charge in [-0.15, -0.1) is 0 Å². The molecule has 4 N–H and O–H groups in total. The number of aliphatic hydroxyl groups is 1. The summed E-state index contributed by atoms with van der Waals surface area (Å²) in [5.74, 6) is 4.67. The van der Waals surface area contributed by atoms with E-state index < -0.39 is 6.23 Å². The second-order valence-corrected chi connectivity index (χ2v) is 0.843. The van der Waals surface area contributed by atoms with Crippen molar-refractivity contribution < 1.29 is 5.11 Å². The van der Waals surface area contributed by atoms with Gasteiger partial charge in [0.25, 0.3) is 0 Å². The first kappa shape index (κ1) is 4.88. The summed E-state index contributed by atoms with van der Waals surface area (Å²) in [5.41, 5.74) is 2.08. The van der Waals surface area contributed by atoms with Gasteiger partial charge >= 0.3 is 0 Å². The minimum Gasteiger partial charge on any atom is -0.378 e. The molecule has 0 aromatic carbocycles. The van der Waals surface area contributed by atoms with Crippen LogP contribution in [0.15, 0.2) is 0 Å². The van der Waals surface area contributed by atoms with Crippen molar-refractivity contribution in [3.05, 3.63) is 0 Å². The maximum absolute atomic E-state index is 8.12. The summed E-state index contributed by atoms with van der Waals surface area (Å²) in [7, 11) is 0. The molecule has 0 heterocycles. The molecule has 0 bridgehead atoms. The number of rotatable bonds is 1. The van der Waals surface area contributed by atoms with E-state index in [1.54, 1.807) is 6.92 Å². The summed E-state index contributed by atoms with van der Waals surface area (Å²) in [4.78, 5) is 0. The molecule has 0 rings (SSSR count). The summed E-state index contributed by atoms with van der Waals surface area (Å²) in [6, 6.07) is 0. The predicted octanol–water partition coefficient (Wildman–Crippen LogP) is -1.21. The number of hydrogen-bond donors (Lipinski definition) is 3. The standard InChI is InChI=1S/C2H8N2O/c1-2(5)4-3/h2,4-5H,3H2,1H3/t2-/m1/s1. The van der Waals surface area contributed by atoms with Crippen molar-refractivity contribution in [3.8, 4) is 0 Å². The van der Waals surface area contributed by atoms with Crippen molar-refractivity contribution in [2.45, 2.75) is 13.2 Å². The Morgan fingerprint density at radius 1 is 2.00 bits per heavy atom. The highest BCUT2D eigenvalue weighted by Crippen LogP contribution is 1.57. The molecule has 0 aromatic rings. The molecule has 0 unspecified atom stereocenters. The van der Waals surface area contributed by atoms with Gasteiger partial charge in [-0.3, -0.25) is 5.84 Å². The first-order valence-electron chi connectivity index (χ1n) is 1.41. The van der Waals surface area contributed by atoms with E-state index in [2.05, 4.69) is 11.3 Å². The van der Waals surface area contributed by atoms with E-state index in [1.807, 2.05) is 0 Å². The lowest BCUT2D eigenvalue weighted by molar-refractivity contribution is 0.158. The molecule has 0 aromatic heterocycles. The third kappa shape index (κ3) is 3.88. The predicted molar refractivity (Wildman–Crippen MR) is 19.0 cm³/mol. The summed E-state index contributed by atoms with van der Waals surface area (Å²) in [5, 5.41) is 8.12. The van der Waals surface area contributed by atoms with Gasteiger partial charge in [-0.05, 0) is 6.92 Å². The average molecular weight is 76.1 g/mol. The molecule has 0 aliphatic carbocycles. The monoisotopic (exact) mass is 76.1 g/mol. The molecular formula is C2H8N2O. The lowest BCUT2D eigenvalue weighted by atomic mass is 10.7. The quantitative estimate of drug-likeness (QED) is 0.208. The van der Waals surface area contributed by atoms with Crippen LogP contribution in [0.3, 0.4) is 0 Å². The molecule has 0 amide bonds. The van der Waals surface area contributed by atoms with Crippen LogP contribution in [0.25, 0.3) is 0 Å². The zero-order valence-electron chi connectivity index (χ0n) is 3.10. The minimum absolute atomic E-state index is 0.588. The largest absolute Gasteiger partial charge is 0.378 e. The van der Waals surface area contributed by atoms with Crippen LogP contribution in [0, 0.1) is 0 Å². The Morgan fingerprint density at radius 2 is 2.20 bits per heavy atom. The van der Waals surface area contributed by atoms with Crippen molar-refractivity contribution in [2.24, 2.45) is 5.84 Å². The summed E-state index contributed by atoms with van der Waals surface area (Å²) in [6.45, 7) is 1.54. The Morgan fingerprint density at radius 3 is 2.20 bits per heavy atom. The van der Waals surface area contributed by atoms with Gasteiger partial charge in [0.05, 0.1) is 0 Å². The van der Waals surface area contributed by atoms with Crippen LogP contribution >= 0.6 is 0 Å². The van der Waals surface area contributed by atoms with Crippen molar-refractivity contribution in [2.75, 3.05) is 0 Å². The highest BCUT2D eigenvalue weighted by molar-refractivity contribution is 4.24. The lowest BCUT2D eigenvalue weighted by Crippen LogP contribution is -2.31. The van der Waals surface area contributed by atoms with E-state index >= 15 is 0 Å². The van der Waals surface area contributed by atoms with Gasteiger partial charge < -0.3 is 5.11 Å². The molecule has 3 nitrogen and oxygen atoms in total. The number of hydrogen-bond acceptors (Lipinski definition) is 3. The molecule has 1 atom stereocenters. The van der Waals surface area contributed by atoms with E-state index in [1.165, 1.54) is 0 Å². The molecule has 0 aliphatic heterocycles. The van der Waals surface area contributed by atoms with Gasteiger partial charge in [0.2, 0.25) is 0 Å². The highest BCUT2D eigenvalue weighted by Gasteiger charge is 1.78. The van der Waals surface area contributed by atoms with Crippen LogP contribution in [0.2, 0.25) is 0 Å². The van der Waals surface area contributed by atoms with Gasteiger partial charge in [0.15, 0.2) is 0 Å². The van der Waals surface area contributed by atoms with E-state index in [4.69, 9.17) is 5.11 Å². The summed E-state index contributed by atoms with van der Waals surface area (Å²) in [6.07, 6.45) is -0.588. The Labute approximate surface area is 30.8 Å². The van der Waals surface area contributed by atoms with E-state index in [0.29, 0.717) is 0 Å². The van der Waals surface area contributed by atoms with Crippen LogP contribution < -0.4 is 11.3 Å². The molecule has 5 heavy (non-hydrogen) atoms. The zero-order valence-corrected chi connectivity index (χ0v) is 3.10. The van der Waals surface area contributed by atoms with Crippen LogP contribution in [0.1, 0.15) is 6.92 Å². The van der Waals surface area contributed by atoms with E-state index in [9.17, 15) is 0 Å². The van der Waals surface area contributed by atoms with Crippen LogP contribution in [-0.2, 0) is 0 Å². The maximum atomic E-state index is 8.12. The second kappa shape index (κ2) is 2.14. The van der Waals surface area contributed by atoms with Gasteiger partial charge in [0, 0.05) is 0 Å². The van der Waals surface area contributed by atoms with Crippen molar-refractivity contribution in [3.63, 3.8) is 0 Å². The van der Waals surface area contributed by atoms with E-state index in [0.717, 1.165) is 0 Å². The van der Waals surface area contributed by atoms with Gasteiger partial charge in [0.1, 0.15) is 6.23 Å². The topological polar surface area (TPSA) is 58.3 Å². The number of nitrogens with one attached hydrogen (secondary N) is 1. The lowest BCUT2D eigenvalue weighted by Gasteiger charge is -1.94. The second-order valence-electron chi connectivity index (χ2n) is 0.843. The van der Waals surface area contributed by atoms with Gasteiger partial charge in [-0.25, -0.2) is 5.43 Å². The number of hydrazine groups is 1. The third-order valence-electron chi connectivity index (χ3n) is 0.241. The Bertz CT molecular complexity index is 21.6. The average Bonchev–Trinajstić information content (AvgIpc) is 1.38. The van der Waals surface area contributed by atoms with Crippen LogP contribution in [-0.4, -0.2) is 11.3 Å². The SMILES string of the molecule is C[C@@H](O)NN. The van der Waals surface area contributed by atoms with Gasteiger partial charge in [-0.1, -0.05) is 0 Å². The molecule has 0 saturated heterocycles. The fourth-order valence-electron chi connectivity index (χ4n) is 0. The summed E-state index contributed by atoms with van der Waals surface area (Å²) >= 11 is 0. The maximum Gasteiger partial charge on any atom is 0.114 e. The highest BCUT2D eigenvalue weighted by atomic mass is 16.3. The normalized spacial score (nSPS) is 15.0. The van der Waals surface area contributed by atoms with Gasteiger partial charge in [-0.2, -0.15) is 0 Å². The van der Waals surface area contributed by atoms with E-state index in [-0.39, 0.29) is 0 Å². The Balaban J connectivity index is 2.54. The first-order valence-corrected chi connectivity index (χ1v) is 1.41. The number of aliphatic hydroxyl groups excluding tert-OH is 1. The number of nitrogens with two attached hydrogens (primary N) is 1. The fourth-order valence-corrected chi connectivity index (χ4v) is 0. The molecule has 0 fully saturated rings. The van der Waals surface area contributed by atoms with Crippen molar-refractivity contribution in [1.82, 2.24) is 5.43 Å². The van der Waals surface area contributed by atoms with Crippen molar-refractivity contribution >= 4 is 0 Å². The molecule has 0 aliphatic rings.